The van der Waals surface area contributed by atoms with Crippen LogP contribution in [0, 0.1) is 29.1 Å². The summed E-state index contributed by atoms with van der Waals surface area (Å²) in [5, 5.41) is -0.400. The van der Waals surface area contributed by atoms with Gasteiger partial charge in [-0.1, -0.05) is 61.6 Å². The maximum Gasteiger partial charge on any atom is 0.404 e. The molecule has 248 valence electrons. The second-order valence-electron chi connectivity index (χ2n) is 8.92. The molecular formula is C28H28F7O7PS2. The predicted molar refractivity (Wildman–Crippen MR) is 155 cm³/mol. The molecule has 0 radical (unpaired) electrons. The van der Waals surface area contributed by atoms with E-state index < -0.39 is 72.8 Å². The Morgan fingerprint density at radius 3 is 1.67 bits per heavy atom. The number of esters is 1. The summed E-state index contributed by atoms with van der Waals surface area (Å²) in [6, 6.07) is 3.73. The van der Waals surface area contributed by atoms with E-state index in [-0.39, 0.29) is 40.1 Å². The number of alkyl halides is 2. The van der Waals surface area contributed by atoms with Crippen LogP contribution in [0.1, 0.15) is 50.7 Å². The normalized spacial score (nSPS) is 12.1. The van der Waals surface area contributed by atoms with Gasteiger partial charge in [0.05, 0.1) is 13.2 Å². The van der Waals surface area contributed by atoms with Gasteiger partial charge in [0.1, 0.15) is 0 Å². The van der Waals surface area contributed by atoms with Crippen LogP contribution in [0.15, 0.2) is 30.3 Å². The summed E-state index contributed by atoms with van der Waals surface area (Å²) < 4.78 is 126. The van der Waals surface area contributed by atoms with E-state index in [1.54, 1.807) is 13.8 Å². The molecule has 2 aromatic rings. The van der Waals surface area contributed by atoms with Crippen LogP contribution in [-0.4, -0.2) is 40.9 Å². The second kappa shape index (κ2) is 17.9. The van der Waals surface area contributed by atoms with Gasteiger partial charge < -0.3 is 13.8 Å². The minimum atomic E-state index is -5.23. The lowest BCUT2D eigenvalue weighted by Gasteiger charge is -2.26. The van der Waals surface area contributed by atoms with Crippen molar-refractivity contribution in [1.29, 1.82) is 0 Å². The van der Waals surface area contributed by atoms with Crippen molar-refractivity contribution in [3.05, 3.63) is 70.6 Å². The van der Waals surface area contributed by atoms with Crippen LogP contribution in [0.5, 0.6) is 5.75 Å². The zero-order valence-corrected chi connectivity index (χ0v) is 26.4. The van der Waals surface area contributed by atoms with E-state index >= 15 is 8.78 Å². The van der Waals surface area contributed by atoms with Gasteiger partial charge in [-0.2, -0.15) is 17.6 Å². The number of ether oxygens (including phenoxy) is 1. The Balaban J connectivity index is 2.18. The highest BCUT2D eigenvalue weighted by atomic mass is 32.2. The van der Waals surface area contributed by atoms with E-state index in [0.717, 1.165) is 53.9 Å². The van der Waals surface area contributed by atoms with Gasteiger partial charge in [-0.15, -0.1) is 0 Å². The van der Waals surface area contributed by atoms with E-state index in [0.29, 0.717) is 18.9 Å². The van der Waals surface area contributed by atoms with Gasteiger partial charge in [-0.25, -0.2) is 18.0 Å². The number of halogens is 7. The van der Waals surface area contributed by atoms with E-state index in [4.69, 9.17) is 9.05 Å². The average molecular weight is 705 g/mol. The first-order valence-corrected chi connectivity index (χ1v) is 16.8. The quantitative estimate of drug-likeness (QED) is 0.0235. The summed E-state index contributed by atoms with van der Waals surface area (Å²) in [6.07, 6.45) is 3.15. The summed E-state index contributed by atoms with van der Waals surface area (Å²) in [7, 11) is -5.23. The van der Waals surface area contributed by atoms with Crippen LogP contribution >= 0.6 is 31.1 Å². The van der Waals surface area contributed by atoms with Gasteiger partial charge in [0.2, 0.25) is 34.8 Å². The fraction of sp³-hybridized carbons (Fsp3) is 0.393. The van der Waals surface area contributed by atoms with Gasteiger partial charge in [0.15, 0.2) is 10.2 Å². The topological polar surface area (TPSA) is 96.0 Å². The van der Waals surface area contributed by atoms with Crippen molar-refractivity contribution in [2.45, 2.75) is 45.2 Å². The minimum Gasteiger partial charge on any atom is -0.417 e. The van der Waals surface area contributed by atoms with E-state index in [9.17, 15) is 40.9 Å². The Kier molecular flexibility index (Phi) is 15.3. The highest BCUT2D eigenvalue weighted by Crippen LogP contribution is 2.67. The molecule has 0 N–H and O–H groups in total. The van der Waals surface area contributed by atoms with Crippen molar-refractivity contribution >= 4 is 53.4 Å². The maximum absolute atomic E-state index is 15.6. The highest BCUT2D eigenvalue weighted by Gasteiger charge is 2.55. The third-order valence-corrected chi connectivity index (χ3v) is 9.29. The van der Waals surface area contributed by atoms with Gasteiger partial charge in [-0.3, -0.25) is 14.2 Å². The molecule has 0 aliphatic heterocycles. The first-order valence-electron chi connectivity index (χ1n) is 13.3. The summed E-state index contributed by atoms with van der Waals surface area (Å²) in [5.74, 6) is -15.4. The van der Waals surface area contributed by atoms with E-state index in [1.807, 2.05) is 0 Å². The molecule has 0 atom stereocenters. The summed E-state index contributed by atoms with van der Waals surface area (Å²) in [6.45, 7) is 2.55. The molecule has 0 spiro atoms. The standard InChI is InChI=1S/C28H28F7O7PS2/c1-3-5-20(37)44-15-13-40-43(39,41-14-16-45-21(38)6-4-2)28(34,35)18-10-7-17(8-11-18)9-12-19(36)42-27-25(32)23(30)22(29)24(31)26(27)33/h7-12H,3-6,13-16H2,1-2H3/b12-9+. The Labute approximate surface area is 262 Å². The van der Waals surface area contributed by atoms with Crippen LogP contribution in [0.4, 0.5) is 30.7 Å². The molecule has 17 heteroatoms. The summed E-state index contributed by atoms with van der Waals surface area (Å²) in [5.41, 5.74) is -5.00. The Bertz CT molecular complexity index is 1380. The number of rotatable bonds is 17. The summed E-state index contributed by atoms with van der Waals surface area (Å²) in [4.78, 5) is 35.4. The third kappa shape index (κ3) is 10.7. The fourth-order valence-corrected chi connectivity index (χ4v) is 6.56. The molecule has 0 bridgehead atoms. The number of hydrogen-bond acceptors (Lipinski definition) is 9. The van der Waals surface area contributed by atoms with Crippen LogP contribution < -0.4 is 4.74 Å². The first-order chi connectivity index (χ1) is 21.2. The monoisotopic (exact) mass is 704 g/mol. The number of carbonyl (C=O) groups is 3. The van der Waals surface area contributed by atoms with E-state index in [2.05, 4.69) is 4.74 Å². The van der Waals surface area contributed by atoms with Crippen molar-refractivity contribution in [1.82, 2.24) is 0 Å². The molecule has 0 saturated carbocycles. The maximum atomic E-state index is 15.6. The largest absolute Gasteiger partial charge is 0.417 e. The lowest BCUT2D eigenvalue weighted by molar-refractivity contribution is -0.129. The molecular weight excluding hydrogens is 676 g/mol. The number of benzene rings is 2. The molecule has 7 nitrogen and oxygen atoms in total. The van der Waals surface area contributed by atoms with Gasteiger partial charge in [-0.05, 0) is 24.5 Å². The van der Waals surface area contributed by atoms with Crippen LogP contribution in [0.2, 0.25) is 0 Å². The highest BCUT2D eigenvalue weighted by molar-refractivity contribution is 8.13. The molecule has 0 amide bonds. The van der Waals surface area contributed by atoms with Crippen molar-refractivity contribution in [3.63, 3.8) is 0 Å². The van der Waals surface area contributed by atoms with E-state index in [1.165, 1.54) is 0 Å². The molecule has 0 heterocycles. The lowest BCUT2D eigenvalue weighted by Crippen LogP contribution is -2.20. The number of hydrogen-bond donors (Lipinski definition) is 0. The molecule has 0 aliphatic rings. The van der Waals surface area contributed by atoms with Crippen LogP contribution in [0.3, 0.4) is 0 Å². The second-order valence-corrected chi connectivity index (χ2v) is 13.3. The third-order valence-electron chi connectivity index (χ3n) is 5.51. The average Bonchev–Trinajstić information content (AvgIpc) is 3.01. The molecule has 2 rings (SSSR count). The summed E-state index contributed by atoms with van der Waals surface area (Å²) >= 11 is 1.65. The Morgan fingerprint density at radius 1 is 0.778 bits per heavy atom. The van der Waals surface area contributed by atoms with Gasteiger partial charge in [0, 0.05) is 36.0 Å². The van der Waals surface area contributed by atoms with Crippen LogP contribution in [0.25, 0.3) is 6.08 Å². The van der Waals surface area contributed by atoms with Crippen molar-refractivity contribution < 1.29 is 63.5 Å². The fourth-order valence-electron chi connectivity index (χ4n) is 3.30. The predicted octanol–water partition coefficient (Wildman–Crippen LogP) is 8.40. The number of carbonyl (C=O) groups excluding carboxylic acids is 3. The van der Waals surface area contributed by atoms with Gasteiger partial charge >= 0.3 is 19.2 Å². The smallest absolute Gasteiger partial charge is 0.404 e. The molecule has 0 unspecified atom stereocenters. The van der Waals surface area contributed by atoms with Crippen molar-refractivity contribution in [2.75, 3.05) is 24.7 Å². The Hall–Kier alpha value is -2.65. The van der Waals surface area contributed by atoms with Crippen molar-refractivity contribution in [3.8, 4) is 5.75 Å². The first kappa shape index (κ1) is 38.5. The lowest BCUT2D eigenvalue weighted by atomic mass is 10.1. The molecule has 0 fully saturated rings. The van der Waals surface area contributed by atoms with Crippen LogP contribution in [-0.2, 0) is 33.7 Å². The van der Waals surface area contributed by atoms with Gasteiger partial charge in [0.25, 0.3) is 0 Å². The molecule has 2 aromatic carbocycles. The minimum absolute atomic E-state index is 0.0391. The molecule has 0 aromatic heterocycles. The van der Waals surface area contributed by atoms with Crippen molar-refractivity contribution in [2.24, 2.45) is 0 Å². The molecule has 45 heavy (non-hydrogen) atoms. The number of thioether (sulfide) groups is 2. The zero-order valence-electron chi connectivity index (χ0n) is 23.9. The zero-order chi connectivity index (χ0) is 33.8. The molecule has 0 saturated heterocycles. The molecule has 0 aliphatic carbocycles. The Morgan fingerprint density at radius 2 is 1.22 bits per heavy atom. The SMILES string of the molecule is CCCC(=O)SCCOP(=O)(OCCSC(=O)CCC)C(F)(F)c1ccc(/C=C/C(=O)Oc2c(F)c(F)c(F)c(F)c2F)cc1.